The summed E-state index contributed by atoms with van der Waals surface area (Å²) in [6, 6.07) is 7.06. The number of carbonyl (C=O) groups is 2. The van der Waals surface area contributed by atoms with E-state index in [1.807, 2.05) is 0 Å². The molecule has 2 N–H and O–H groups in total. The zero-order chi connectivity index (χ0) is 14.4. The number of ether oxygens (including phenoxy) is 1. The van der Waals surface area contributed by atoms with Crippen LogP contribution >= 0.6 is 0 Å². The third-order valence-corrected chi connectivity index (χ3v) is 3.10. The van der Waals surface area contributed by atoms with Crippen LogP contribution in [-0.2, 0) is 14.3 Å². The fourth-order valence-corrected chi connectivity index (χ4v) is 2.08. The van der Waals surface area contributed by atoms with E-state index in [0.717, 1.165) is 31.1 Å². The third-order valence-electron chi connectivity index (χ3n) is 3.10. The van der Waals surface area contributed by atoms with Gasteiger partial charge in [0.25, 0.3) is 0 Å². The number of benzene rings is 1. The van der Waals surface area contributed by atoms with Crippen LogP contribution in [0, 0.1) is 5.92 Å². The molecular weight excluding hydrogens is 258 g/mol. The Morgan fingerprint density at radius 2 is 2.25 bits per heavy atom. The highest BCUT2D eigenvalue weighted by Gasteiger charge is 2.21. The monoisotopic (exact) mass is 275 g/mol. The molecule has 5 heteroatoms. The first-order valence-electron chi connectivity index (χ1n) is 6.55. The Morgan fingerprint density at radius 3 is 2.95 bits per heavy atom. The van der Waals surface area contributed by atoms with Crippen LogP contribution in [0.4, 0.5) is 5.69 Å². The average molecular weight is 275 g/mol. The zero-order valence-corrected chi connectivity index (χ0v) is 11.0. The van der Waals surface area contributed by atoms with Gasteiger partial charge in [-0.2, -0.15) is 0 Å². The molecule has 0 bridgehead atoms. The number of hydrogen-bond donors (Lipinski definition) is 2. The van der Waals surface area contributed by atoms with Crippen LogP contribution in [0.3, 0.4) is 0 Å². The molecule has 5 nitrogen and oxygen atoms in total. The van der Waals surface area contributed by atoms with Gasteiger partial charge in [-0.15, -0.1) is 0 Å². The molecule has 0 aromatic heterocycles. The second-order valence-electron chi connectivity index (χ2n) is 4.70. The van der Waals surface area contributed by atoms with E-state index in [4.69, 9.17) is 9.84 Å². The SMILES string of the molecule is O=C(O)/C=C/c1cccc(NC(=O)C2CCCOC2)c1. The van der Waals surface area contributed by atoms with Crippen molar-refractivity contribution in [2.24, 2.45) is 5.92 Å². The van der Waals surface area contributed by atoms with Crippen molar-refractivity contribution in [2.75, 3.05) is 18.5 Å². The maximum Gasteiger partial charge on any atom is 0.328 e. The lowest BCUT2D eigenvalue weighted by Crippen LogP contribution is -2.30. The number of carboxylic acids is 1. The van der Waals surface area contributed by atoms with E-state index < -0.39 is 5.97 Å². The van der Waals surface area contributed by atoms with Gasteiger partial charge < -0.3 is 15.2 Å². The van der Waals surface area contributed by atoms with Crippen molar-refractivity contribution in [1.29, 1.82) is 0 Å². The number of rotatable bonds is 4. The van der Waals surface area contributed by atoms with Crippen molar-refractivity contribution < 1.29 is 19.4 Å². The van der Waals surface area contributed by atoms with Crippen molar-refractivity contribution in [1.82, 2.24) is 0 Å². The molecule has 0 aliphatic carbocycles. The van der Waals surface area contributed by atoms with Crippen LogP contribution in [0.2, 0.25) is 0 Å². The van der Waals surface area contributed by atoms with Crippen LogP contribution in [0.25, 0.3) is 6.08 Å². The Morgan fingerprint density at radius 1 is 1.40 bits per heavy atom. The van der Waals surface area contributed by atoms with Crippen molar-refractivity contribution in [3.05, 3.63) is 35.9 Å². The highest BCUT2D eigenvalue weighted by atomic mass is 16.5. The average Bonchev–Trinajstić information content (AvgIpc) is 2.46. The fraction of sp³-hybridized carbons (Fsp3) is 0.333. The second-order valence-corrected chi connectivity index (χ2v) is 4.70. The lowest BCUT2D eigenvalue weighted by Gasteiger charge is -2.21. The highest BCUT2D eigenvalue weighted by molar-refractivity contribution is 5.93. The molecule has 1 saturated heterocycles. The molecule has 1 amide bonds. The molecule has 1 aliphatic rings. The summed E-state index contributed by atoms with van der Waals surface area (Å²) >= 11 is 0. The standard InChI is InChI=1S/C15H17NO4/c17-14(18)7-6-11-3-1-5-13(9-11)16-15(19)12-4-2-8-20-10-12/h1,3,5-7,9,12H,2,4,8,10H2,(H,16,19)(H,17,18)/b7-6+. The van der Waals surface area contributed by atoms with E-state index in [0.29, 0.717) is 12.3 Å². The van der Waals surface area contributed by atoms with Gasteiger partial charge in [0.1, 0.15) is 0 Å². The minimum absolute atomic E-state index is 0.0518. The minimum atomic E-state index is -1.00. The molecule has 1 aliphatic heterocycles. The number of carboxylic acid groups (broad SMARTS) is 1. The smallest absolute Gasteiger partial charge is 0.328 e. The van der Waals surface area contributed by atoms with Gasteiger partial charge in [-0.25, -0.2) is 4.79 Å². The number of aliphatic carboxylic acids is 1. The topological polar surface area (TPSA) is 75.6 Å². The number of amides is 1. The summed E-state index contributed by atoms with van der Waals surface area (Å²) in [4.78, 5) is 22.5. The number of nitrogens with one attached hydrogen (secondary N) is 1. The van der Waals surface area contributed by atoms with E-state index in [1.165, 1.54) is 6.08 Å². The summed E-state index contributed by atoms with van der Waals surface area (Å²) in [6.07, 6.45) is 4.29. The third kappa shape index (κ3) is 4.20. The first-order valence-corrected chi connectivity index (χ1v) is 6.55. The molecule has 1 heterocycles. The predicted molar refractivity (Wildman–Crippen MR) is 75.3 cm³/mol. The van der Waals surface area contributed by atoms with E-state index in [2.05, 4.69) is 5.32 Å². The minimum Gasteiger partial charge on any atom is -0.478 e. The molecule has 1 fully saturated rings. The van der Waals surface area contributed by atoms with Crippen LogP contribution < -0.4 is 5.32 Å². The Hall–Kier alpha value is -2.14. The molecular formula is C15H17NO4. The summed E-state index contributed by atoms with van der Waals surface area (Å²) in [6.45, 7) is 1.18. The molecule has 0 saturated carbocycles. The van der Waals surface area contributed by atoms with Gasteiger partial charge in [0.2, 0.25) is 5.91 Å². The quantitative estimate of drug-likeness (QED) is 0.826. The van der Waals surface area contributed by atoms with E-state index >= 15 is 0 Å². The molecule has 2 rings (SSSR count). The molecule has 1 atom stereocenters. The zero-order valence-electron chi connectivity index (χ0n) is 11.0. The van der Waals surface area contributed by atoms with Crippen molar-refractivity contribution in [2.45, 2.75) is 12.8 Å². The Balaban J connectivity index is 2.00. The van der Waals surface area contributed by atoms with Gasteiger partial charge in [0, 0.05) is 18.4 Å². The van der Waals surface area contributed by atoms with Crippen LogP contribution in [0.15, 0.2) is 30.3 Å². The van der Waals surface area contributed by atoms with Crippen molar-refractivity contribution in [3.63, 3.8) is 0 Å². The number of anilines is 1. The summed E-state index contributed by atoms with van der Waals surface area (Å²) in [5, 5.41) is 11.4. The number of hydrogen-bond acceptors (Lipinski definition) is 3. The Bertz CT molecular complexity index is 518. The summed E-state index contributed by atoms with van der Waals surface area (Å²) in [5.74, 6) is -1.16. The van der Waals surface area contributed by atoms with Gasteiger partial charge >= 0.3 is 5.97 Å². The first kappa shape index (κ1) is 14.3. The largest absolute Gasteiger partial charge is 0.478 e. The fourth-order valence-electron chi connectivity index (χ4n) is 2.08. The molecule has 106 valence electrons. The molecule has 1 aromatic carbocycles. The van der Waals surface area contributed by atoms with Crippen molar-refractivity contribution >= 4 is 23.6 Å². The molecule has 1 aromatic rings. The lowest BCUT2D eigenvalue weighted by atomic mass is 10.0. The van der Waals surface area contributed by atoms with Gasteiger partial charge in [-0.1, -0.05) is 12.1 Å². The van der Waals surface area contributed by atoms with Crippen molar-refractivity contribution in [3.8, 4) is 0 Å². The van der Waals surface area contributed by atoms with Crippen LogP contribution in [0.1, 0.15) is 18.4 Å². The lowest BCUT2D eigenvalue weighted by molar-refractivity contribution is -0.131. The van der Waals surface area contributed by atoms with Gasteiger partial charge in [-0.05, 0) is 36.6 Å². The maximum atomic E-state index is 12.0. The number of carbonyl (C=O) groups excluding carboxylic acids is 1. The van der Waals surface area contributed by atoms with Crippen LogP contribution in [0.5, 0.6) is 0 Å². The molecule has 0 spiro atoms. The molecule has 1 unspecified atom stereocenters. The second kappa shape index (κ2) is 6.86. The Labute approximate surface area is 117 Å². The van der Waals surface area contributed by atoms with Gasteiger partial charge in [0.15, 0.2) is 0 Å². The molecule has 20 heavy (non-hydrogen) atoms. The van der Waals surface area contributed by atoms with Crippen LogP contribution in [-0.4, -0.2) is 30.2 Å². The first-order chi connectivity index (χ1) is 9.65. The van der Waals surface area contributed by atoms with E-state index in [1.54, 1.807) is 24.3 Å². The maximum absolute atomic E-state index is 12.0. The summed E-state index contributed by atoms with van der Waals surface area (Å²) in [5.41, 5.74) is 1.39. The van der Waals surface area contributed by atoms with E-state index in [-0.39, 0.29) is 11.8 Å². The Kier molecular flexibility index (Phi) is 4.90. The normalized spacial score (nSPS) is 18.9. The van der Waals surface area contributed by atoms with Gasteiger partial charge in [0.05, 0.1) is 12.5 Å². The predicted octanol–water partition coefficient (Wildman–Crippen LogP) is 2.15. The highest BCUT2D eigenvalue weighted by Crippen LogP contribution is 2.17. The summed E-state index contributed by atoms with van der Waals surface area (Å²) in [7, 11) is 0. The molecule has 0 radical (unpaired) electrons. The summed E-state index contributed by atoms with van der Waals surface area (Å²) < 4.78 is 5.29. The van der Waals surface area contributed by atoms with Gasteiger partial charge in [-0.3, -0.25) is 4.79 Å². The van der Waals surface area contributed by atoms with E-state index in [9.17, 15) is 9.59 Å².